The van der Waals surface area contributed by atoms with Crippen LogP contribution in [0.1, 0.15) is 0 Å². The van der Waals surface area contributed by atoms with E-state index in [1.165, 1.54) is 17.2 Å². The van der Waals surface area contributed by atoms with Crippen molar-refractivity contribution in [3.8, 4) is 0 Å². The predicted molar refractivity (Wildman–Crippen MR) is 113 cm³/mol. The standard InChI is InChI=1S/C19H21N3O6S2/c1-29(26)16-7-8-18(17(13-16)22(24)25)30(27,28)14-19(23)21-11-9-20(10-12-21)15-5-3-2-4-6-15/h2-8,13H,9-12,14H2,1H3. The van der Waals surface area contributed by atoms with E-state index in [0.29, 0.717) is 26.2 Å². The van der Waals surface area contributed by atoms with E-state index in [-0.39, 0.29) is 4.90 Å². The Hall–Kier alpha value is -2.79. The van der Waals surface area contributed by atoms with Crippen LogP contribution in [0.2, 0.25) is 0 Å². The number of sulfone groups is 1. The number of carbonyl (C=O) groups is 1. The van der Waals surface area contributed by atoms with Crippen molar-refractivity contribution in [2.45, 2.75) is 9.79 Å². The van der Waals surface area contributed by atoms with Gasteiger partial charge in [0.1, 0.15) is 10.6 Å². The highest BCUT2D eigenvalue weighted by molar-refractivity contribution is 7.92. The van der Waals surface area contributed by atoms with E-state index in [9.17, 15) is 27.5 Å². The van der Waals surface area contributed by atoms with Crippen LogP contribution in [-0.2, 0) is 25.4 Å². The van der Waals surface area contributed by atoms with Crippen molar-refractivity contribution < 1.29 is 22.3 Å². The van der Waals surface area contributed by atoms with Gasteiger partial charge < -0.3 is 9.80 Å². The maximum atomic E-state index is 12.7. The number of rotatable bonds is 6. The number of hydrogen-bond donors (Lipinski definition) is 0. The van der Waals surface area contributed by atoms with E-state index >= 15 is 0 Å². The molecule has 0 aromatic heterocycles. The molecule has 1 aliphatic rings. The largest absolute Gasteiger partial charge is 0.368 e. The Labute approximate surface area is 176 Å². The summed E-state index contributed by atoms with van der Waals surface area (Å²) in [4.78, 5) is 26.3. The van der Waals surface area contributed by atoms with Crippen LogP contribution in [0.25, 0.3) is 0 Å². The Morgan fingerprint density at radius 2 is 1.73 bits per heavy atom. The van der Waals surface area contributed by atoms with Crippen LogP contribution in [-0.4, -0.2) is 66.5 Å². The number of para-hydroxylation sites is 1. The fraction of sp³-hybridized carbons (Fsp3) is 0.316. The third kappa shape index (κ3) is 4.85. The lowest BCUT2D eigenvalue weighted by molar-refractivity contribution is -0.388. The van der Waals surface area contributed by atoms with Gasteiger partial charge in [-0.05, 0) is 24.3 Å². The van der Waals surface area contributed by atoms with Gasteiger partial charge in [-0.25, -0.2) is 8.42 Å². The highest BCUT2D eigenvalue weighted by Crippen LogP contribution is 2.27. The molecule has 0 saturated carbocycles. The second-order valence-corrected chi connectivity index (χ2v) is 10.1. The quantitative estimate of drug-likeness (QED) is 0.482. The SMILES string of the molecule is CS(=O)c1ccc(S(=O)(=O)CC(=O)N2CCN(c3ccccc3)CC2)c([N+](=O)[O-])c1. The molecule has 1 fully saturated rings. The molecule has 11 heteroatoms. The van der Waals surface area contributed by atoms with Crippen LogP contribution in [0.3, 0.4) is 0 Å². The van der Waals surface area contributed by atoms with E-state index in [1.807, 2.05) is 30.3 Å². The molecule has 0 bridgehead atoms. The van der Waals surface area contributed by atoms with Gasteiger partial charge in [0.2, 0.25) is 5.91 Å². The summed E-state index contributed by atoms with van der Waals surface area (Å²) < 4.78 is 37.0. The topological polar surface area (TPSA) is 118 Å². The first kappa shape index (κ1) is 21.9. The molecule has 0 aliphatic carbocycles. The summed E-state index contributed by atoms with van der Waals surface area (Å²) in [5.74, 6) is -1.45. The Morgan fingerprint density at radius 3 is 2.30 bits per heavy atom. The summed E-state index contributed by atoms with van der Waals surface area (Å²) in [7, 11) is -5.74. The van der Waals surface area contributed by atoms with E-state index in [2.05, 4.69) is 4.90 Å². The van der Waals surface area contributed by atoms with Gasteiger partial charge in [0.25, 0.3) is 5.69 Å². The van der Waals surface area contributed by atoms with Crippen LogP contribution in [0, 0.1) is 10.1 Å². The summed E-state index contributed by atoms with van der Waals surface area (Å²) in [6.07, 6.45) is 1.34. The summed E-state index contributed by atoms with van der Waals surface area (Å²) in [5, 5.41) is 11.3. The highest BCUT2D eigenvalue weighted by Gasteiger charge is 2.31. The lowest BCUT2D eigenvalue weighted by Gasteiger charge is -2.36. The van der Waals surface area contributed by atoms with Crippen molar-refractivity contribution in [1.29, 1.82) is 0 Å². The van der Waals surface area contributed by atoms with Crippen LogP contribution < -0.4 is 4.90 Å². The number of piperazine rings is 1. The smallest absolute Gasteiger partial charge is 0.289 e. The van der Waals surface area contributed by atoms with Gasteiger partial charge in [0.05, 0.1) is 15.7 Å². The summed E-state index contributed by atoms with van der Waals surface area (Å²) in [6, 6.07) is 13.0. The van der Waals surface area contributed by atoms with Gasteiger partial charge in [-0.1, -0.05) is 18.2 Å². The summed E-state index contributed by atoms with van der Waals surface area (Å²) in [6.45, 7) is 1.85. The zero-order chi connectivity index (χ0) is 21.9. The molecule has 2 aromatic carbocycles. The minimum Gasteiger partial charge on any atom is -0.368 e. The molecule has 1 aliphatic heterocycles. The first-order valence-electron chi connectivity index (χ1n) is 9.11. The molecule has 0 spiro atoms. The molecule has 1 amide bonds. The Balaban J connectivity index is 1.72. The van der Waals surface area contributed by atoms with E-state index in [1.54, 1.807) is 0 Å². The first-order valence-corrected chi connectivity index (χ1v) is 12.3. The molecule has 1 saturated heterocycles. The lowest BCUT2D eigenvalue weighted by Crippen LogP contribution is -2.50. The number of carbonyl (C=O) groups excluding carboxylic acids is 1. The predicted octanol–water partition coefficient (Wildman–Crippen LogP) is 1.45. The maximum Gasteiger partial charge on any atom is 0.289 e. The van der Waals surface area contributed by atoms with Crippen molar-refractivity contribution in [1.82, 2.24) is 4.90 Å². The second-order valence-electron chi connectivity index (χ2n) is 6.80. The molecule has 1 heterocycles. The molecule has 0 radical (unpaired) electrons. The zero-order valence-electron chi connectivity index (χ0n) is 16.3. The lowest BCUT2D eigenvalue weighted by atomic mass is 10.2. The number of hydrogen-bond acceptors (Lipinski definition) is 7. The fourth-order valence-electron chi connectivity index (χ4n) is 3.27. The van der Waals surface area contributed by atoms with Crippen LogP contribution in [0.5, 0.6) is 0 Å². The van der Waals surface area contributed by atoms with Crippen molar-refractivity contribution in [2.75, 3.05) is 43.1 Å². The Bertz CT molecular complexity index is 1080. The van der Waals surface area contributed by atoms with E-state index < -0.39 is 47.8 Å². The average molecular weight is 452 g/mol. The maximum absolute atomic E-state index is 12.7. The van der Waals surface area contributed by atoms with Gasteiger partial charge in [-0.15, -0.1) is 0 Å². The zero-order valence-corrected chi connectivity index (χ0v) is 17.9. The molecule has 2 aromatic rings. The van der Waals surface area contributed by atoms with Crippen molar-refractivity contribution in [3.05, 3.63) is 58.6 Å². The molecule has 0 N–H and O–H groups in total. The van der Waals surface area contributed by atoms with Crippen LogP contribution >= 0.6 is 0 Å². The monoisotopic (exact) mass is 451 g/mol. The minimum absolute atomic E-state index is 0.143. The van der Waals surface area contributed by atoms with Crippen molar-refractivity contribution >= 4 is 37.9 Å². The number of amides is 1. The van der Waals surface area contributed by atoms with Crippen molar-refractivity contribution in [3.63, 3.8) is 0 Å². The molecule has 1 unspecified atom stereocenters. The minimum atomic E-state index is -4.24. The third-order valence-corrected chi connectivity index (χ3v) is 7.42. The molecule has 1 atom stereocenters. The number of nitro benzene ring substituents is 1. The van der Waals surface area contributed by atoms with Crippen LogP contribution in [0.4, 0.5) is 11.4 Å². The number of benzene rings is 2. The van der Waals surface area contributed by atoms with Gasteiger partial charge in [-0.2, -0.15) is 0 Å². The highest BCUT2D eigenvalue weighted by atomic mass is 32.2. The van der Waals surface area contributed by atoms with Gasteiger partial charge >= 0.3 is 0 Å². The second kappa shape index (κ2) is 8.92. The molecule has 3 rings (SSSR count). The van der Waals surface area contributed by atoms with Gasteiger partial charge in [0.15, 0.2) is 9.84 Å². The molecule has 160 valence electrons. The molecular formula is C19H21N3O6S2. The third-order valence-electron chi connectivity index (χ3n) is 4.86. The molecular weight excluding hydrogens is 430 g/mol. The number of nitrogens with zero attached hydrogens (tertiary/aromatic N) is 3. The summed E-state index contributed by atoms with van der Waals surface area (Å²) in [5.41, 5.74) is 0.352. The van der Waals surface area contributed by atoms with Gasteiger partial charge in [0, 0.05) is 49.1 Å². The van der Waals surface area contributed by atoms with Gasteiger partial charge in [-0.3, -0.25) is 19.1 Å². The fourth-order valence-corrected chi connectivity index (χ4v) is 5.19. The van der Waals surface area contributed by atoms with Crippen LogP contribution in [0.15, 0.2) is 58.3 Å². The first-order chi connectivity index (χ1) is 14.2. The molecule has 9 nitrogen and oxygen atoms in total. The normalized spacial score (nSPS) is 15.6. The summed E-state index contributed by atoms with van der Waals surface area (Å²) >= 11 is 0. The van der Waals surface area contributed by atoms with E-state index in [4.69, 9.17) is 0 Å². The molecule has 30 heavy (non-hydrogen) atoms. The number of nitro groups is 1. The van der Waals surface area contributed by atoms with Crippen molar-refractivity contribution in [2.24, 2.45) is 0 Å². The average Bonchev–Trinajstić information content (AvgIpc) is 2.73. The number of anilines is 1. The Morgan fingerprint density at radius 1 is 1.10 bits per heavy atom. The Kier molecular flexibility index (Phi) is 6.52. The van der Waals surface area contributed by atoms with E-state index in [0.717, 1.165) is 17.8 Å².